The topological polar surface area (TPSA) is 49.3 Å². The summed E-state index contributed by atoms with van der Waals surface area (Å²) in [6.45, 7) is 8.80. The van der Waals surface area contributed by atoms with Crippen molar-refractivity contribution in [2.24, 2.45) is 17.8 Å². The molecule has 0 bridgehead atoms. The van der Waals surface area contributed by atoms with Crippen LogP contribution in [0.3, 0.4) is 0 Å². The number of hydrogen-bond acceptors (Lipinski definition) is 2. The van der Waals surface area contributed by atoms with Gasteiger partial charge in [-0.05, 0) is 58.7 Å². The third-order valence-electron chi connectivity index (χ3n) is 6.69. The largest absolute Gasteiger partial charge is 0.480 e. The van der Waals surface area contributed by atoms with Crippen molar-refractivity contribution >= 4 is 29.2 Å². The number of carboxylic acids is 1. The molecule has 30 heavy (non-hydrogen) atoms. The van der Waals surface area contributed by atoms with Crippen LogP contribution in [0, 0.1) is 17.8 Å². The number of benzene rings is 2. The van der Waals surface area contributed by atoms with E-state index in [1.54, 1.807) is 0 Å². The van der Waals surface area contributed by atoms with Crippen LogP contribution in [0.2, 0.25) is 10.0 Å². The zero-order chi connectivity index (χ0) is 22.0. The monoisotopic (exact) mass is 447 g/mol. The lowest BCUT2D eigenvalue weighted by Gasteiger charge is -2.32. The van der Waals surface area contributed by atoms with Crippen molar-refractivity contribution in [2.75, 3.05) is 0 Å². The van der Waals surface area contributed by atoms with Gasteiger partial charge in [-0.25, -0.2) is 0 Å². The number of hydrogen-bond donors (Lipinski definition) is 2. The molecular formula is C25H31Cl2NO2. The molecule has 0 spiro atoms. The van der Waals surface area contributed by atoms with Crippen molar-refractivity contribution in [2.45, 2.75) is 58.5 Å². The van der Waals surface area contributed by atoms with Crippen molar-refractivity contribution in [1.29, 1.82) is 0 Å². The molecule has 1 fully saturated rings. The zero-order valence-corrected chi connectivity index (χ0v) is 19.5. The van der Waals surface area contributed by atoms with Crippen LogP contribution in [0.1, 0.15) is 52.0 Å². The maximum absolute atomic E-state index is 12.3. The van der Waals surface area contributed by atoms with Crippen molar-refractivity contribution in [1.82, 2.24) is 5.32 Å². The number of aliphatic carboxylic acids is 1. The predicted molar refractivity (Wildman–Crippen MR) is 125 cm³/mol. The van der Waals surface area contributed by atoms with Crippen LogP contribution < -0.4 is 5.32 Å². The van der Waals surface area contributed by atoms with E-state index in [4.69, 9.17) is 23.2 Å². The summed E-state index contributed by atoms with van der Waals surface area (Å²) in [4.78, 5) is 12.3. The normalized spacial score (nSPS) is 24.9. The molecule has 0 radical (unpaired) electrons. The predicted octanol–water partition coefficient (Wildman–Crippen LogP) is 6.88. The highest BCUT2D eigenvalue weighted by Gasteiger charge is 2.49. The third-order valence-corrected chi connectivity index (χ3v) is 7.16. The van der Waals surface area contributed by atoms with Crippen molar-refractivity contribution in [3.8, 4) is 11.1 Å². The summed E-state index contributed by atoms with van der Waals surface area (Å²) < 4.78 is 0. The van der Waals surface area contributed by atoms with Gasteiger partial charge in [-0.2, -0.15) is 0 Å². The minimum Gasteiger partial charge on any atom is -0.480 e. The van der Waals surface area contributed by atoms with Gasteiger partial charge in [0.2, 0.25) is 0 Å². The first-order valence-electron chi connectivity index (χ1n) is 10.8. The van der Waals surface area contributed by atoms with Crippen LogP contribution in [0.25, 0.3) is 11.1 Å². The van der Waals surface area contributed by atoms with Gasteiger partial charge >= 0.3 is 5.97 Å². The molecule has 5 heteroatoms. The fourth-order valence-electron chi connectivity index (χ4n) is 5.36. The Morgan fingerprint density at radius 2 is 1.80 bits per heavy atom. The summed E-state index contributed by atoms with van der Waals surface area (Å²) in [6, 6.07) is 13.0. The molecule has 1 heterocycles. The number of carboxylic acid groups (broad SMARTS) is 1. The van der Waals surface area contributed by atoms with E-state index in [-0.39, 0.29) is 17.9 Å². The zero-order valence-electron chi connectivity index (χ0n) is 18.0. The summed E-state index contributed by atoms with van der Waals surface area (Å²) in [5, 5.41) is 14.9. The first-order chi connectivity index (χ1) is 14.3. The molecule has 5 atom stereocenters. The maximum atomic E-state index is 12.3. The van der Waals surface area contributed by atoms with Crippen molar-refractivity contribution in [3.63, 3.8) is 0 Å². The van der Waals surface area contributed by atoms with Gasteiger partial charge in [0.15, 0.2) is 0 Å². The molecule has 0 saturated carbocycles. The molecular weight excluding hydrogens is 417 g/mol. The average Bonchev–Trinajstić information content (AvgIpc) is 3.07. The molecule has 1 aliphatic heterocycles. The highest BCUT2D eigenvalue weighted by molar-refractivity contribution is 6.31. The standard InChI is InChI=1S/C25H31Cl2NO2/c1-5-18(14(3)4)23-19(6-2)22(24(28-23)25(29)30)21-13-17(27)10-11-20(21)15-8-7-9-16(26)12-15/h7-14,18-19,22-24,28H,5-6H2,1-4H3,(H,29,30)/t18?,19?,22-,23-,24+/m0/s1. The Bertz CT molecular complexity index is 898. The molecule has 2 unspecified atom stereocenters. The van der Waals surface area contributed by atoms with Crippen LogP contribution >= 0.6 is 23.2 Å². The van der Waals surface area contributed by atoms with E-state index in [9.17, 15) is 9.90 Å². The first-order valence-corrected chi connectivity index (χ1v) is 11.6. The van der Waals surface area contributed by atoms with Crippen LogP contribution in [-0.2, 0) is 4.79 Å². The van der Waals surface area contributed by atoms with Gasteiger partial charge in [0.1, 0.15) is 6.04 Å². The molecule has 0 amide bonds. The van der Waals surface area contributed by atoms with Gasteiger partial charge in [0.25, 0.3) is 0 Å². The Hall–Kier alpha value is -1.55. The maximum Gasteiger partial charge on any atom is 0.321 e. The third kappa shape index (κ3) is 4.54. The van der Waals surface area contributed by atoms with Gasteiger partial charge in [0.05, 0.1) is 0 Å². The Balaban J connectivity index is 2.16. The van der Waals surface area contributed by atoms with E-state index in [1.807, 2.05) is 42.5 Å². The Labute approximate surface area is 189 Å². The van der Waals surface area contributed by atoms with E-state index in [2.05, 4.69) is 33.0 Å². The molecule has 0 aliphatic carbocycles. The van der Waals surface area contributed by atoms with Crippen LogP contribution in [0.15, 0.2) is 42.5 Å². The lowest BCUT2D eigenvalue weighted by atomic mass is 9.72. The lowest BCUT2D eigenvalue weighted by Crippen LogP contribution is -2.42. The van der Waals surface area contributed by atoms with Crippen LogP contribution in [0.4, 0.5) is 0 Å². The minimum atomic E-state index is -0.809. The number of rotatable bonds is 7. The number of halogens is 2. The summed E-state index contributed by atoms with van der Waals surface area (Å²) in [5.74, 6) is 0.113. The second-order valence-corrected chi connectivity index (χ2v) is 9.54. The second-order valence-electron chi connectivity index (χ2n) is 8.66. The second kappa shape index (κ2) is 9.72. The summed E-state index contributed by atoms with van der Waals surface area (Å²) in [5.41, 5.74) is 2.96. The highest BCUT2D eigenvalue weighted by Crippen LogP contribution is 2.46. The van der Waals surface area contributed by atoms with E-state index < -0.39 is 12.0 Å². The van der Waals surface area contributed by atoms with Gasteiger partial charge in [-0.1, -0.05) is 81.9 Å². The molecule has 2 N–H and O–H groups in total. The molecule has 0 aromatic heterocycles. The van der Waals surface area contributed by atoms with Crippen LogP contribution in [0.5, 0.6) is 0 Å². The van der Waals surface area contributed by atoms with Crippen molar-refractivity contribution in [3.05, 3.63) is 58.1 Å². The number of carbonyl (C=O) groups is 1. The Morgan fingerprint density at radius 1 is 1.10 bits per heavy atom. The van der Waals surface area contributed by atoms with Crippen molar-refractivity contribution < 1.29 is 9.90 Å². The minimum absolute atomic E-state index is 0.150. The molecule has 1 saturated heterocycles. The Kier molecular flexibility index (Phi) is 7.49. The molecule has 2 aromatic carbocycles. The molecule has 1 aliphatic rings. The van der Waals surface area contributed by atoms with E-state index >= 15 is 0 Å². The van der Waals surface area contributed by atoms with Crippen LogP contribution in [-0.4, -0.2) is 23.2 Å². The van der Waals surface area contributed by atoms with Gasteiger partial charge in [-0.15, -0.1) is 0 Å². The average molecular weight is 448 g/mol. The summed E-state index contributed by atoms with van der Waals surface area (Å²) in [7, 11) is 0. The molecule has 2 aromatic rings. The number of nitrogens with one attached hydrogen (secondary N) is 1. The van der Waals surface area contributed by atoms with E-state index in [0.717, 1.165) is 29.5 Å². The molecule has 162 valence electrons. The fraction of sp³-hybridized carbons (Fsp3) is 0.480. The smallest absolute Gasteiger partial charge is 0.321 e. The van der Waals surface area contributed by atoms with Gasteiger partial charge in [-0.3, -0.25) is 4.79 Å². The van der Waals surface area contributed by atoms with E-state index in [1.165, 1.54) is 0 Å². The Morgan fingerprint density at radius 3 is 2.37 bits per heavy atom. The quantitative estimate of drug-likeness (QED) is 0.486. The fourth-order valence-corrected chi connectivity index (χ4v) is 5.73. The lowest BCUT2D eigenvalue weighted by molar-refractivity contribution is -0.139. The summed E-state index contributed by atoms with van der Waals surface area (Å²) >= 11 is 12.7. The molecule has 3 rings (SSSR count). The summed E-state index contributed by atoms with van der Waals surface area (Å²) in [6.07, 6.45) is 1.92. The SMILES string of the molecule is CCC(C(C)C)[C@@H]1N[C@@H](C(=O)O)[C@H](c2cc(Cl)ccc2-c2cccc(Cl)c2)C1CC. The van der Waals surface area contributed by atoms with Gasteiger partial charge < -0.3 is 10.4 Å². The van der Waals surface area contributed by atoms with E-state index in [0.29, 0.717) is 21.9 Å². The first kappa shape index (κ1) is 23.1. The van der Waals surface area contributed by atoms with Gasteiger partial charge in [0, 0.05) is 22.0 Å². The molecule has 3 nitrogen and oxygen atoms in total. The highest BCUT2D eigenvalue weighted by atomic mass is 35.5.